The molecule has 1 spiro atoms. The van der Waals surface area contributed by atoms with Crippen LogP contribution in [0.15, 0.2) is 11.0 Å². The van der Waals surface area contributed by atoms with Gasteiger partial charge in [-0.1, -0.05) is 20.3 Å². The molecule has 26 heavy (non-hydrogen) atoms. The lowest BCUT2D eigenvalue weighted by atomic mass is 9.85. The summed E-state index contributed by atoms with van der Waals surface area (Å²) >= 11 is 0. The van der Waals surface area contributed by atoms with Gasteiger partial charge in [-0.15, -0.1) is 0 Å². The van der Waals surface area contributed by atoms with Gasteiger partial charge in [0.05, 0.1) is 6.26 Å². The zero-order valence-corrected chi connectivity index (χ0v) is 16.3. The van der Waals surface area contributed by atoms with Gasteiger partial charge in [-0.3, -0.25) is 9.59 Å². The maximum atomic E-state index is 12.4. The topological polar surface area (TPSA) is 101 Å². The molecule has 0 bridgehead atoms. The standard InChI is InChI=1S/C17H26N4O4S/c1-4-12(2)9-18-14(22)13-10-20-7-5-17(16(20)19-15(13)23)6-8-21(11-17)26(3,24)25/h10,12H,4-9,11H2,1-3H3,(H,18,22)/t12-,17+/m1/s1. The Morgan fingerprint density at radius 3 is 2.69 bits per heavy atom. The quantitative estimate of drug-likeness (QED) is 0.791. The van der Waals surface area contributed by atoms with Gasteiger partial charge in [0.2, 0.25) is 10.0 Å². The van der Waals surface area contributed by atoms with Crippen LogP contribution in [0, 0.1) is 5.92 Å². The SMILES string of the molecule is CC[C@@H](C)CNC(=O)c1cn2c(nc1=O)[C@]1(CCN(S(C)(=O)=O)C1)CC2. The highest BCUT2D eigenvalue weighted by Gasteiger charge is 2.48. The van der Waals surface area contributed by atoms with E-state index in [0.29, 0.717) is 44.3 Å². The third-order valence-electron chi connectivity index (χ3n) is 5.64. The molecule has 0 aliphatic carbocycles. The van der Waals surface area contributed by atoms with E-state index in [1.807, 2.05) is 18.4 Å². The van der Waals surface area contributed by atoms with Gasteiger partial charge in [-0.25, -0.2) is 12.7 Å². The van der Waals surface area contributed by atoms with E-state index >= 15 is 0 Å². The number of hydrogen-bond acceptors (Lipinski definition) is 5. The zero-order valence-electron chi connectivity index (χ0n) is 15.5. The van der Waals surface area contributed by atoms with Crippen molar-refractivity contribution in [1.29, 1.82) is 0 Å². The summed E-state index contributed by atoms with van der Waals surface area (Å²) in [6.07, 6.45) is 5.09. The van der Waals surface area contributed by atoms with E-state index in [2.05, 4.69) is 10.3 Å². The van der Waals surface area contributed by atoms with Crippen LogP contribution in [0.25, 0.3) is 0 Å². The number of fused-ring (bicyclic) bond motifs is 2. The van der Waals surface area contributed by atoms with E-state index in [0.717, 1.165) is 12.8 Å². The maximum Gasteiger partial charge on any atom is 0.285 e. The Balaban J connectivity index is 1.85. The van der Waals surface area contributed by atoms with Crippen LogP contribution < -0.4 is 10.9 Å². The molecule has 2 aliphatic heterocycles. The minimum atomic E-state index is -3.26. The van der Waals surface area contributed by atoms with Crippen LogP contribution in [0.2, 0.25) is 0 Å². The molecule has 1 N–H and O–H groups in total. The molecule has 1 amide bonds. The predicted octanol–water partition coefficient (Wildman–Crippen LogP) is 0.326. The summed E-state index contributed by atoms with van der Waals surface area (Å²) in [6.45, 7) is 6.01. The van der Waals surface area contributed by atoms with Crippen molar-refractivity contribution in [1.82, 2.24) is 19.2 Å². The van der Waals surface area contributed by atoms with Crippen molar-refractivity contribution < 1.29 is 13.2 Å². The zero-order chi connectivity index (χ0) is 19.1. The van der Waals surface area contributed by atoms with Gasteiger partial charge in [-0.05, 0) is 18.8 Å². The first kappa shape index (κ1) is 19.0. The first-order chi connectivity index (χ1) is 12.2. The van der Waals surface area contributed by atoms with Crippen molar-refractivity contribution in [3.63, 3.8) is 0 Å². The number of amides is 1. The molecule has 0 unspecified atom stereocenters. The van der Waals surface area contributed by atoms with E-state index in [1.54, 1.807) is 6.20 Å². The molecule has 1 aromatic heterocycles. The highest BCUT2D eigenvalue weighted by molar-refractivity contribution is 7.88. The second kappa shape index (κ2) is 6.77. The minimum Gasteiger partial charge on any atom is -0.352 e. The van der Waals surface area contributed by atoms with Crippen molar-refractivity contribution in [2.75, 3.05) is 25.9 Å². The number of nitrogens with one attached hydrogen (secondary N) is 1. The lowest BCUT2D eigenvalue weighted by molar-refractivity contribution is 0.0945. The Morgan fingerprint density at radius 1 is 1.38 bits per heavy atom. The molecule has 0 aromatic carbocycles. The normalized spacial score (nSPS) is 24.0. The molecule has 8 nitrogen and oxygen atoms in total. The highest BCUT2D eigenvalue weighted by Crippen LogP contribution is 2.41. The minimum absolute atomic E-state index is 0.0482. The maximum absolute atomic E-state index is 12.4. The number of carbonyl (C=O) groups is 1. The molecule has 2 atom stereocenters. The second-order valence-corrected chi connectivity index (χ2v) is 9.56. The monoisotopic (exact) mass is 382 g/mol. The number of hydrogen-bond donors (Lipinski definition) is 1. The van der Waals surface area contributed by atoms with Crippen LogP contribution in [-0.2, 0) is 22.0 Å². The predicted molar refractivity (Wildman–Crippen MR) is 97.6 cm³/mol. The molecule has 3 rings (SSSR count). The summed E-state index contributed by atoms with van der Waals surface area (Å²) in [7, 11) is -3.26. The van der Waals surface area contributed by atoms with E-state index in [4.69, 9.17) is 0 Å². The molecule has 144 valence electrons. The summed E-state index contributed by atoms with van der Waals surface area (Å²) in [4.78, 5) is 29.0. The summed E-state index contributed by atoms with van der Waals surface area (Å²) in [6, 6.07) is 0. The molecule has 2 aliphatic rings. The fourth-order valence-corrected chi connectivity index (χ4v) is 4.60. The van der Waals surface area contributed by atoms with Gasteiger partial charge >= 0.3 is 0 Å². The molecule has 1 saturated heterocycles. The number of nitrogens with zero attached hydrogens (tertiary/aromatic N) is 3. The summed E-state index contributed by atoms with van der Waals surface area (Å²) in [5.74, 6) is 0.545. The lowest BCUT2D eigenvalue weighted by Gasteiger charge is -2.22. The molecular formula is C17H26N4O4S. The van der Waals surface area contributed by atoms with Gasteiger partial charge in [0.1, 0.15) is 11.4 Å². The van der Waals surface area contributed by atoms with Crippen LogP contribution in [0.5, 0.6) is 0 Å². The van der Waals surface area contributed by atoms with Crippen molar-refractivity contribution in [2.24, 2.45) is 5.92 Å². The Morgan fingerprint density at radius 2 is 2.08 bits per heavy atom. The van der Waals surface area contributed by atoms with Crippen LogP contribution >= 0.6 is 0 Å². The van der Waals surface area contributed by atoms with E-state index in [-0.39, 0.29) is 5.56 Å². The van der Waals surface area contributed by atoms with Crippen molar-refractivity contribution in [3.8, 4) is 0 Å². The first-order valence-electron chi connectivity index (χ1n) is 9.01. The lowest BCUT2D eigenvalue weighted by Crippen LogP contribution is -2.37. The first-order valence-corrected chi connectivity index (χ1v) is 10.9. The molecule has 3 heterocycles. The number of rotatable bonds is 5. The Bertz CT molecular complexity index is 879. The molecule has 0 radical (unpaired) electrons. The smallest absolute Gasteiger partial charge is 0.285 e. The molecule has 9 heteroatoms. The summed E-state index contributed by atoms with van der Waals surface area (Å²) in [5.41, 5.74) is -0.919. The van der Waals surface area contributed by atoms with Crippen molar-refractivity contribution in [3.05, 3.63) is 27.9 Å². The fourth-order valence-electron chi connectivity index (χ4n) is 3.70. The summed E-state index contributed by atoms with van der Waals surface area (Å²) < 4.78 is 26.9. The molecule has 1 fully saturated rings. The van der Waals surface area contributed by atoms with Gasteiger partial charge in [0, 0.05) is 37.8 Å². The number of aromatic nitrogens is 2. The second-order valence-electron chi connectivity index (χ2n) is 7.58. The highest BCUT2D eigenvalue weighted by atomic mass is 32.2. The number of carbonyl (C=O) groups excluding carboxylic acids is 1. The average molecular weight is 382 g/mol. The van der Waals surface area contributed by atoms with Gasteiger partial charge in [0.15, 0.2) is 0 Å². The Hall–Kier alpha value is -1.74. The van der Waals surface area contributed by atoms with Gasteiger partial charge in [-0.2, -0.15) is 4.98 Å². The third kappa shape index (κ3) is 3.42. The Kier molecular flexibility index (Phi) is 4.96. The Labute approximate surface area is 153 Å². The van der Waals surface area contributed by atoms with Crippen LogP contribution in [0.4, 0.5) is 0 Å². The molecular weight excluding hydrogens is 356 g/mol. The number of sulfonamides is 1. The fraction of sp³-hybridized carbons (Fsp3) is 0.706. The van der Waals surface area contributed by atoms with Crippen LogP contribution in [0.1, 0.15) is 49.3 Å². The van der Waals surface area contributed by atoms with Gasteiger partial charge in [0.25, 0.3) is 11.5 Å². The van der Waals surface area contributed by atoms with Gasteiger partial charge < -0.3 is 9.88 Å². The summed E-state index contributed by atoms with van der Waals surface area (Å²) in [5, 5.41) is 2.79. The van der Waals surface area contributed by atoms with Crippen molar-refractivity contribution in [2.45, 2.75) is 45.1 Å². The van der Waals surface area contributed by atoms with Crippen LogP contribution in [0.3, 0.4) is 0 Å². The van der Waals surface area contributed by atoms with E-state index in [1.165, 1.54) is 10.6 Å². The number of aryl methyl sites for hydroxylation is 1. The molecule has 1 aromatic rings. The largest absolute Gasteiger partial charge is 0.352 e. The average Bonchev–Trinajstić information content (AvgIpc) is 3.17. The molecule has 0 saturated carbocycles. The third-order valence-corrected chi connectivity index (χ3v) is 6.89. The van der Waals surface area contributed by atoms with E-state index in [9.17, 15) is 18.0 Å². The van der Waals surface area contributed by atoms with E-state index < -0.39 is 26.9 Å². The van der Waals surface area contributed by atoms with Crippen LogP contribution in [-0.4, -0.2) is 54.1 Å². The van der Waals surface area contributed by atoms with Crippen molar-refractivity contribution >= 4 is 15.9 Å².